The van der Waals surface area contributed by atoms with Gasteiger partial charge in [0.25, 0.3) is 5.91 Å². The lowest BCUT2D eigenvalue weighted by molar-refractivity contribution is -0.141. The van der Waals surface area contributed by atoms with Gasteiger partial charge in [0.1, 0.15) is 16.4 Å². The maximum Gasteiger partial charge on any atom is 0.433 e. The van der Waals surface area contributed by atoms with Gasteiger partial charge in [-0.05, 0) is 37.3 Å². The molecular formula is C19H17F3N4OS2. The Kier molecular flexibility index (Phi) is 5.39. The Bertz CT molecular complexity index is 1020. The second-order valence-electron chi connectivity index (χ2n) is 6.83. The van der Waals surface area contributed by atoms with E-state index in [0.29, 0.717) is 41.4 Å². The molecule has 4 rings (SSSR count). The summed E-state index contributed by atoms with van der Waals surface area (Å²) in [7, 11) is 0. The number of rotatable bonds is 3. The second kappa shape index (κ2) is 7.83. The van der Waals surface area contributed by atoms with Gasteiger partial charge in [0, 0.05) is 19.0 Å². The van der Waals surface area contributed by atoms with E-state index in [4.69, 9.17) is 0 Å². The van der Waals surface area contributed by atoms with Gasteiger partial charge in [0.2, 0.25) is 0 Å². The van der Waals surface area contributed by atoms with Crippen LogP contribution in [0.25, 0.3) is 10.6 Å². The number of carbonyl (C=O) groups is 1. The summed E-state index contributed by atoms with van der Waals surface area (Å²) in [4.78, 5) is 28.1. The number of piperidine rings is 1. The van der Waals surface area contributed by atoms with Gasteiger partial charge in [-0.15, -0.1) is 22.7 Å². The van der Waals surface area contributed by atoms with Crippen molar-refractivity contribution in [2.45, 2.75) is 31.9 Å². The van der Waals surface area contributed by atoms with Gasteiger partial charge in [-0.1, -0.05) is 6.07 Å². The quantitative estimate of drug-likeness (QED) is 0.577. The van der Waals surface area contributed by atoms with Crippen LogP contribution < -0.4 is 0 Å². The number of carbonyl (C=O) groups excluding carboxylic acids is 1. The molecule has 1 amide bonds. The predicted molar refractivity (Wildman–Crippen MR) is 105 cm³/mol. The highest BCUT2D eigenvalue weighted by Gasteiger charge is 2.36. The molecule has 0 aliphatic carbocycles. The molecule has 3 aromatic heterocycles. The van der Waals surface area contributed by atoms with Crippen LogP contribution in [0.3, 0.4) is 0 Å². The Balaban J connectivity index is 1.65. The molecule has 29 heavy (non-hydrogen) atoms. The SMILES string of the molecule is Cc1ncsc1C(=O)N1CCC[C@H](c2nc(-c3cccs3)cc(C(F)(F)F)n2)C1. The van der Waals surface area contributed by atoms with E-state index in [0.717, 1.165) is 6.07 Å². The Morgan fingerprint density at radius 2 is 2.10 bits per heavy atom. The van der Waals surface area contributed by atoms with Gasteiger partial charge in [-0.3, -0.25) is 4.79 Å². The van der Waals surface area contributed by atoms with E-state index in [-0.39, 0.29) is 23.3 Å². The van der Waals surface area contributed by atoms with Gasteiger partial charge < -0.3 is 4.90 Å². The Labute approximate surface area is 173 Å². The summed E-state index contributed by atoms with van der Waals surface area (Å²) in [5.74, 6) is -0.344. The van der Waals surface area contributed by atoms with Crippen LogP contribution in [-0.4, -0.2) is 38.8 Å². The third kappa shape index (κ3) is 4.18. The minimum absolute atomic E-state index is 0.139. The smallest absolute Gasteiger partial charge is 0.337 e. The highest BCUT2D eigenvalue weighted by Crippen LogP contribution is 2.34. The minimum atomic E-state index is -4.56. The van der Waals surface area contributed by atoms with Crippen LogP contribution >= 0.6 is 22.7 Å². The van der Waals surface area contributed by atoms with Gasteiger partial charge in [-0.25, -0.2) is 15.0 Å². The fourth-order valence-electron chi connectivity index (χ4n) is 3.37. The summed E-state index contributed by atoms with van der Waals surface area (Å²) < 4.78 is 40.3. The molecule has 0 unspecified atom stereocenters. The first-order chi connectivity index (χ1) is 13.8. The Morgan fingerprint density at radius 3 is 2.76 bits per heavy atom. The molecule has 10 heteroatoms. The van der Waals surface area contributed by atoms with Gasteiger partial charge >= 0.3 is 6.18 Å². The van der Waals surface area contributed by atoms with Crippen molar-refractivity contribution < 1.29 is 18.0 Å². The number of hydrogen-bond donors (Lipinski definition) is 0. The lowest BCUT2D eigenvalue weighted by Crippen LogP contribution is -2.39. The molecule has 0 spiro atoms. The van der Waals surface area contributed by atoms with Crippen LogP contribution in [0, 0.1) is 6.92 Å². The fraction of sp³-hybridized carbons (Fsp3) is 0.368. The molecule has 1 aliphatic rings. The number of amides is 1. The minimum Gasteiger partial charge on any atom is -0.337 e. The third-order valence-electron chi connectivity index (χ3n) is 4.82. The average Bonchev–Trinajstić information content (AvgIpc) is 3.38. The summed E-state index contributed by atoms with van der Waals surface area (Å²) in [5.41, 5.74) is 1.59. The van der Waals surface area contributed by atoms with E-state index < -0.39 is 11.9 Å². The highest BCUT2D eigenvalue weighted by atomic mass is 32.1. The highest BCUT2D eigenvalue weighted by molar-refractivity contribution is 7.13. The molecule has 1 fully saturated rings. The van der Waals surface area contributed by atoms with Crippen molar-refractivity contribution >= 4 is 28.6 Å². The third-order valence-corrected chi connectivity index (χ3v) is 6.63. The van der Waals surface area contributed by atoms with Gasteiger partial charge in [0.05, 0.1) is 21.8 Å². The summed E-state index contributed by atoms with van der Waals surface area (Å²) in [6.07, 6.45) is -3.24. The van der Waals surface area contributed by atoms with Gasteiger partial charge in [0.15, 0.2) is 0 Å². The molecule has 3 aromatic rings. The fourth-order valence-corrected chi connectivity index (χ4v) is 4.82. The lowest BCUT2D eigenvalue weighted by Gasteiger charge is -2.32. The van der Waals surface area contributed by atoms with E-state index in [9.17, 15) is 18.0 Å². The summed E-state index contributed by atoms with van der Waals surface area (Å²) in [6, 6.07) is 4.50. The van der Waals surface area contributed by atoms with E-state index in [1.54, 1.807) is 34.8 Å². The maximum atomic E-state index is 13.4. The molecule has 1 atom stereocenters. The number of alkyl halides is 3. The monoisotopic (exact) mass is 438 g/mol. The van der Waals surface area contributed by atoms with E-state index >= 15 is 0 Å². The Hall–Kier alpha value is -2.33. The molecule has 152 valence electrons. The number of aromatic nitrogens is 3. The first-order valence-corrected chi connectivity index (χ1v) is 10.8. The topological polar surface area (TPSA) is 59.0 Å². The molecule has 0 radical (unpaired) electrons. The largest absolute Gasteiger partial charge is 0.433 e. The zero-order valence-corrected chi connectivity index (χ0v) is 17.1. The maximum absolute atomic E-state index is 13.4. The zero-order valence-electron chi connectivity index (χ0n) is 15.4. The van der Waals surface area contributed by atoms with Crippen LogP contribution in [0.2, 0.25) is 0 Å². The van der Waals surface area contributed by atoms with Crippen molar-refractivity contribution in [3.63, 3.8) is 0 Å². The number of hydrogen-bond acceptors (Lipinski definition) is 6. The van der Waals surface area contributed by atoms with Crippen molar-refractivity contribution in [2.24, 2.45) is 0 Å². The second-order valence-corrected chi connectivity index (χ2v) is 8.63. The van der Waals surface area contributed by atoms with Crippen molar-refractivity contribution in [1.29, 1.82) is 0 Å². The van der Waals surface area contributed by atoms with Crippen LogP contribution in [0.4, 0.5) is 13.2 Å². The molecule has 4 heterocycles. The summed E-state index contributed by atoms with van der Waals surface area (Å²) in [6.45, 7) is 2.62. The van der Waals surface area contributed by atoms with E-state index in [1.807, 2.05) is 0 Å². The molecule has 0 N–H and O–H groups in total. The number of halogens is 3. The van der Waals surface area contributed by atoms with Crippen molar-refractivity contribution in [1.82, 2.24) is 19.9 Å². The standard InChI is InChI=1S/C19H17F3N4OS2/c1-11-16(29-10-23-11)18(27)26-6-2-4-12(9-26)17-24-13(14-5-3-7-28-14)8-15(25-17)19(20,21)22/h3,5,7-8,10,12H,2,4,6,9H2,1H3/t12-/m0/s1. The molecule has 0 saturated carbocycles. The predicted octanol–water partition coefficient (Wildman–Crippen LogP) is 5.01. The zero-order chi connectivity index (χ0) is 20.6. The van der Waals surface area contributed by atoms with E-state index in [2.05, 4.69) is 15.0 Å². The molecule has 1 saturated heterocycles. The summed E-state index contributed by atoms with van der Waals surface area (Å²) >= 11 is 2.60. The normalized spacial score (nSPS) is 17.5. The first-order valence-electron chi connectivity index (χ1n) is 9.02. The molecule has 5 nitrogen and oxygen atoms in total. The molecule has 0 bridgehead atoms. The van der Waals surface area contributed by atoms with Crippen molar-refractivity contribution in [2.75, 3.05) is 13.1 Å². The van der Waals surface area contributed by atoms with Crippen LogP contribution in [0.5, 0.6) is 0 Å². The van der Waals surface area contributed by atoms with Gasteiger partial charge in [-0.2, -0.15) is 13.2 Å². The summed E-state index contributed by atoms with van der Waals surface area (Å²) in [5, 5.41) is 1.79. The van der Waals surface area contributed by atoms with E-state index in [1.165, 1.54) is 22.7 Å². The first kappa shape index (κ1) is 20.0. The number of aryl methyl sites for hydroxylation is 1. The van der Waals surface area contributed by atoms with Crippen LogP contribution in [0.15, 0.2) is 29.1 Å². The average molecular weight is 438 g/mol. The van der Waals surface area contributed by atoms with Crippen molar-refractivity contribution in [3.8, 4) is 10.6 Å². The lowest BCUT2D eigenvalue weighted by atomic mass is 9.96. The van der Waals surface area contributed by atoms with Crippen LogP contribution in [0.1, 0.15) is 45.6 Å². The number of thiazole rings is 1. The Morgan fingerprint density at radius 1 is 1.28 bits per heavy atom. The number of thiophene rings is 1. The number of nitrogens with zero attached hydrogens (tertiary/aromatic N) is 4. The van der Waals surface area contributed by atoms with Crippen LogP contribution in [-0.2, 0) is 6.18 Å². The molecular weight excluding hydrogens is 421 g/mol. The van der Waals surface area contributed by atoms with Crippen molar-refractivity contribution in [3.05, 3.63) is 51.2 Å². The number of likely N-dealkylation sites (tertiary alicyclic amines) is 1. The molecule has 1 aliphatic heterocycles. The molecule has 0 aromatic carbocycles.